The van der Waals surface area contributed by atoms with Gasteiger partial charge in [-0.05, 0) is 44.7 Å². The van der Waals surface area contributed by atoms with Gasteiger partial charge in [0.1, 0.15) is 0 Å². The fourth-order valence-electron chi connectivity index (χ4n) is 1.92. The van der Waals surface area contributed by atoms with Crippen LogP contribution >= 0.6 is 0 Å². The van der Waals surface area contributed by atoms with E-state index in [1.165, 1.54) is 0 Å². The van der Waals surface area contributed by atoms with Crippen LogP contribution in [0.3, 0.4) is 0 Å². The van der Waals surface area contributed by atoms with Crippen molar-refractivity contribution in [1.29, 1.82) is 0 Å². The Hall–Kier alpha value is -1.35. The highest BCUT2D eigenvalue weighted by Crippen LogP contribution is 2.38. The number of amides is 1. The van der Waals surface area contributed by atoms with Gasteiger partial charge < -0.3 is 10.4 Å². The number of aryl methyl sites for hydroxylation is 1. The third-order valence-corrected chi connectivity index (χ3v) is 3.38. The maximum Gasteiger partial charge on any atom is 0.251 e. The zero-order chi connectivity index (χ0) is 12.5. The van der Waals surface area contributed by atoms with Crippen molar-refractivity contribution in [3.8, 4) is 0 Å². The van der Waals surface area contributed by atoms with Gasteiger partial charge in [-0.3, -0.25) is 4.79 Å². The molecule has 1 atom stereocenters. The van der Waals surface area contributed by atoms with Crippen LogP contribution in [0, 0.1) is 12.8 Å². The van der Waals surface area contributed by atoms with E-state index in [1.807, 2.05) is 19.1 Å². The van der Waals surface area contributed by atoms with Crippen molar-refractivity contribution in [2.75, 3.05) is 6.54 Å². The SMILES string of the molecule is Cc1ccc(C(=O)NCC(C)(O)C2CC2)cc1. The molecule has 2 N–H and O–H groups in total. The summed E-state index contributed by atoms with van der Waals surface area (Å²) in [6.07, 6.45) is 2.13. The molecule has 17 heavy (non-hydrogen) atoms. The second-order valence-electron chi connectivity index (χ2n) is 5.18. The van der Waals surface area contributed by atoms with E-state index in [9.17, 15) is 9.90 Å². The van der Waals surface area contributed by atoms with Crippen molar-refractivity contribution in [3.05, 3.63) is 35.4 Å². The molecule has 3 nitrogen and oxygen atoms in total. The Kier molecular flexibility index (Phi) is 3.20. The van der Waals surface area contributed by atoms with E-state index in [1.54, 1.807) is 19.1 Å². The van der Waals surface area contributed by atoms with Crippen LogP contribution in [-0.2, 0) is 0 Å². The summed E-state index contributed by atoms with van der Waals surface area (Å²) < 4.78 is 0. The van der Waals surface area contributed by atoms with E-state index in [0.717, 1.165) is 18.4 Å². The van der Waals surface area contributed by atoms with Crippen molar-refractivity contribution < 1.29 is 9.90 Å². The summed E-state index contributed by atoms with van der Waals surface area (Å²) in [6, 6.07) is 7.43. The van der Waals surface area contributed by atoms with Crippen LogP contribution < -0.4 is 5.32 Å². The molecule has 1 fully saturated rings. The zero-order valence-corrected chi connectivity index (χ0v) is 10.4. The number of aliphatic hydroxyl groups is 1. The summed E-state index contributed by atoms with van der Waals surface area (Å²) in [5.41, 5.74) is 1.01. The highest BCUT2D eigenvalue weighted by Gasteiger charge is 2.39. The third-order valence-electron chi connectivity index (χ3n) is 3.38. The van der Waals surface area contributed by atoms with Crippen molar-refractivity contribution in [2.24, 2.45) is 5.92 Å². The Labute approximate surface area is 102 Å². The molecular weight excluding hydrogens is 214 g/mol. The zero-order valence-electron chi connectivity index (χ0n) is 10.4. The minimum Gasteiger partial charge on any atom is -0.388 e. The van der Waals surface area contributed by atoms with Crippen LogP contribution in [0.4, 0.5) is 0 Å². The van der Waals surface area contributed by atoms with Gasteiger partial charge in [0.2, 0.25) is 0 Å². The van der Waals surface area contributed by atoms with Crippen LogP contribution in [0.25, 0.3) is 0 Å². The van der Waals surface area contributed by atoms with Crippen molar-refractivity contribution >= 4 is 5.91 Å². The summed E-state index contributed by atoms with van der Waals surface area (Å²) >= 11 is 0. The molecule has 0 radical (unpaired) electrons. The number of rotatable bonds is 4. The second kappa shape index (κ2) is 4.49. The molecule has 1 aromatic carbocycles. The number of carbonyl (C=O) groups is 1. The van der Waals surface area contributed by atoms with E-state index in [2.05, 4.69) is 5.32 Å². The molecule has 1 saturated carbocycles. The molecule has 0 aromatic heterocycles. The minimum absolute atomic E-state index is 0.120. The van der Waals surface area contributed by atoms with Crippen LogP contribution in [0.15, 0.2) is 24.3 Å². The molecule has 92 valence electrons. The fraction of sp³-hybridized carbons (Fsp3) is 0.500. The summed E-state index contributed by atoms with van der Waals surface area (Å²) in [7, 11) is 0. The molecule has 1 aromatic rings. The van der Waals surface area contributed by atoms with E-state index in [4.69, 9.17) is 0 Å². The quantitative estimate of drug-likeness (QED) is 0.834. The highest BCUT2D eigenvalue weighted by molar-refractivity contribution is 5.94. The number of nitrogens with one attached hydrogen (secondary N) is 1. The minimum atomic E-state index is -0.764. The second-order valence-corrected chi connectivity index (χ2v) is 5.18. The summed E-state index contributed by atoms with van der Waals surface area (Å²) in [5, 5.41) is 12.9. The van der Waals surface area contributed by atoms with Gasteiger partial charge in [0.05, 0.1) is 5.60 Å². The van der Waals surface area contributed by atoms with Crippen LogP contribution in [0.2, 0.25) is 0 Å². The van der Waals surface area contributed by atoms with E-state index in [0.29, 0.717) is 18.0 Å². The molecule has 0 heterocycles. The van der Waals surface area contributed by atoms with Crippen molar-refractivity contribution in [2.45, 2.75) is 32.3 Å². The Bertz CT molecular complexity index is 405. The van der Waals surface area contributed by atoms with Gasteiger partial charge >= 0.3 is 0 Å². The lowest BCUT2D eigenvalue weighted by molar-refractivity contribution is 0.0354. The predicted molar refractivity (Wildman–Crippen MR) is 66.9 cm³/mol. The van der Waals surface area contributed by atoms with Crippen LogP contribution in [0.1, 0.15) is 35.7 Å². The van der Waals surface area contributed by atoms with Crippen LogP contribution in [-0.4, -0.2) is 23.2 Å². The molecule has 1 aliphatic rings. The molecule has 3 heteroatoms. The van der Waals surface area contributed by atoms with Gasteiger partial charge in [-0.25, -0.2) is 0 Å². The van der Waals surface area contributed by atoms with Gasteiger partial charge in [-0.2, -0.15) is 0 Å². The number of hydrogen-bond acceptors (Lipinski definition) is 2. The average Bonchev–Trinajstić information content (AvgIpc) is 3.11. The molecule has 1 unspecified atom stereocenters. The largest absolute Gasteiger partial charge is 0.388 e. The predicted octanol–water partition coefficient (Wildman–Crippen LogP) is 1.89. The van der Waals surface area contributed by atoms with Gasteiger partial charge in [-0.15, -0.1) is 0 Å². The molecule has 0 saturated heterocycles. The smallest absolute Gasteiger partial charge is 0.251 e. The molecular formula is C14H19NO2. The Balaban J connectivity index is 1.91. The first-order chi connectivity index (χ1) is 7.99. The Morgan fingerprint density at radius 1 is 1.41 bits per heavy atom. The fourth-order valence-corrected chi connectivity index (χ4v) is 1.92. The van der Waals surface area contributed by atoms with Gasteiger partial charge in [0, 0.05) is 12.1 Å². The molecule has 2 rings (SSSR count). The monoisotopic (exact) mass is 233 g/mol. The Morgan fingerprint density at radius 2 is 2.00 bits per heavy atom. The molecule has 0 aliphatic heterocycles. The average molecular weight is 233 g/mol. The van der Waals surface area contributed by atoms with Gasteiger partial charge in [0.15, 0.2) is 0 Å². The first kappa shape index (κ1) is 12.1. The van der Waals surface area contributed by atoms with Gasteiger partial charge in [0.25, 0.3) is 5.91 Å². The van der Waals surface area contributed by atoms with E-state index in [-0.39, 0.29) is 5.91 Å². The molecule has 1 aliphatic carbocycles. The normalized spacial score (nSPS) is 18.5. The number of carbonyl (C=O) groups excluding carboxylic acids is 1. The number of hydrogen-bond donors (Lipinski definition) is 2. The summed E-state index contributed by atoms with van der Waals surface area (Å²) in [6.45, 7) is 4.10. The van der Waals surface area contributed by atoms with Gasteiger partial charge in [-0.1, -0.05) is 17.7 Å². The molecule has 0 spiro atoms. The van der Waals surface area contributed by atoms with Crippen molar-refractivity contribution in [3.63, 3.8) is 0 Å². The molecule has 1 amide bonds. The summed E-state index contributed by atoms with van der Waals surface area (Å²) in [4.78, 5) is 11.8. The molecule has 0 bridgehead atoms. The van der Waals surface area contributed by atoms with Crippen LogP contribution in [0.5, 0.6) is 0 Å². The summed E-state index contributed by atoms with van der Waals surface area (Å²) in [5.74, 6) is 0.228. The maximum absolute atomic E-state index is 11.8. The standard InChI is InChI=1S/C14H19NO2/c1-10-3-5-11(6-4-10)13(16)15-9-14(2,17)12-7-8-12/h3-6,12,17H,7-9H2,1-2H3,(H,15,16). The first-order valence-corrected chi connectivity index (χ1v) is 6.06. The highest BCUT2D eigenvalue weighted by atomic mass is 16.3. The number of benzene rings is 1. The van der Waals surface area contributed by atoms with E-state index >= 15 is 0 Å². The third kappa shape index (κ3) is 3.07. The van der Waals surface area contributed by atoms with E-state index < -0.39 is 5.60 Å². The Morgan fingerprint density at radius 3 is 2.53 bits per heavy atom. The first-order valence-electron chi connectivity index (χ1n) is 6.06. The topological polar surface area (TPSA) is 49.3 Å². The lowest BCUT2D eigenvalue weighted by Gasteiger charge is -2.23. The maximum atomic E-state index is 11.8. The van der Waals surface area contributed by atoms with Crippen molar-refractivity contribution in [1.82, 2.24) is 5.32 Å². The lowest BCUT2D eigenvalue weighted by Crippen LogP contribution is -2.42. The lowest BCUT2D eigenvalue weighted by atomic mass is 10.0.